The number of thioether (sulfide) groups is 1. The first kappa shape index (κ1) is 25.2. The molecule has 0 spiro atoms. The van der Waals surface area contributed by atoms with Crippen molar-refractivity contribution in [2.75, 3.05) is 27.1 Å². The van der Waals surface area contributed by atoms with Crippen LogP contribution >= 0.6 is 11.8 Å². The third-order valence-corrected chi connectivity index (χ3v) is 7.76. The van der Waals surface area contributed by atoms with E-state index in [-0.39, 0.29) is 28.6 Å². The maximum atomic E-state index is 14.0. The zero-order valence-corrected chi connectivity index (χ0v) is 22.0. The number of carbonyl (C=O) groups excluding carboxylic acids is 2. The molecule has 1 heterocycles. The largest absolute Gasteiger partial charge is 0.493 e. The highest BCUT2D eigenvalue weighted by atomic mass is 32.2. The molecule has 1 N–H and O–H groups in total. The fourth-order valence-electron chi connectivity index (χ4n) is 4.24. The second-order valence-electron chi connectivity index (χ2n) is 9.98. The van der Waals surface area contributed by atoms with Crippen LogP contribution in [0.15, 0.2) is 36.4 Å². The molecule has 0 radical (unpaired) electrons. The van der Waals surface area contributed by atoms with E-state index in [0.717, 1.165) is 18.4 Å². The SMILES string of the molecule is COc1cc(C(=O)N2C(C(=O)NC3CC3)CSC2c2ccc(C(C)(C)C)cc2)cc(OC)c1OC. The topological polar surface area (TPSA) is 77.1 Å². The van der Waals surface area contributed by atoms with Crippen molar-refractivity contribution in [2.24, 2.45) is 0 Å². The predicted molar refractivity (Wildman–Crippen MR) is 138 cm³/mol. The van der Waals surface area contributed by atoms with Gasteiger partial charge in [-0.3, -0.25) is 9.59 Å². The molecule has 0 bridgehead atoms. The highest BCUT2D eigenvalue weighted by Crippen LogP contribution is 2.45. The summed E-state index contributed by atoms with van der Waals surface area (Å²) in [5.41, 5.74) is 2.61. The molecule has 2 aromatic rings. The Kier molecular flexibility index (Phi) is 7.22. The number of nitrogens with one attached hydrogen (secondary N) is 1. The second-order valence-corrected chi connectivity index (χ2v) is 11.1. The Morgan fingerprint density at radius 1 is 0.971 bits per heavy atom. The van der Waals surface area contributed by atoms with Crippen LogP contribution in [0.1, 0.15) is 60.5 Å². The summed E-state index contributed by atoms with van der Waals surface area (Å²) in [6, 6.07) is 11.3. The van der Waals surface area contributed by atoms with Crippen LogP contribution in [0.3, 0.4) is 0 Å². The summed E-state index contributed by atoms with van der Waals surface area (Å²) in [6.45, 7) is 6.51. The molecule has 1 aliphatic carbocycles. The molecule has 2 amide bonds. The highest BCUT2D eigenvalue weighted by Gasteiger charge is 2.44. The summed E-state index contributed by atoms with van der Waals surface area (Å²) in [5.74, 6) is 1.38. The van der Waals surface area contributed by atoms with E-state index in [0.29, 0.717) is 28.6 Å². The fraction of sp³-hybridized carbons (Fsp3) is 0.481. The maximum absolute atomic E-state index is 14.0. The molecular formula is C27H34N2O5S. The van der Waals surface area contributed by atoms with Gasteiger partial charge in [-0.05, 0) is 41.5 Å². The summed E-state index contributed by atoms with van der Waals surface area (Å²) >= 11 is 1.61. The van der Waals surface area contributed by atoms with Crippen LogP contribution in [0, 0.1) is 0 Å². The number of nitrogens with zero attached hydrogens (tertiary/aromatic N) is 1. The van der Waals surface area contributed by atoms with E-state index in [1.165, 1.54) is 26.9 Å². The zero-order valence-electron chi connectivity index (χ0n) is 21.2. The Morgan fingerprint density at radius 2 is 1.57 bits per heavy atom. The van der Waals surface area contributed by atoms with Crippen LogP contribution in [-0.4, -0.2) is 55.9 Å². The number of ether oxygens (including phenoxy) is 3. The summed E-state index contributed by atoms with van der Waals surface area (Å²) in [5, 5.41) is 2.79. The van der Waals surface area contributed by atoms with Crippen LogP contribution in [0.25, 0.3) is 0 Å². The van der Waals surface area contributed by atoms with E-state index in [4.69, 9.17) is 14.2 Å². The Balaban J connectivity index is 1.72. The first-order valence-electron chi connectivity index (χ1n) is 11.8. The lowest BCUT2D eigenvalue weighted by Gasteiger charge is -2.30. The van der Waals surface area contributed by atoms with Crippen molar-refractivity contribution in [1.29, 1.82) is 0 Å². The minimum Gasteiger partial charge on any atom is -0.493 e. The van der Waals surface area contributed by atoms with E-state index in [2.05, 4.69) is 50.4 Å². The van der Waals surface area contributed by atoms with Gasteiger partial charge in [0.1, 0.15) is 11.4 Å². The number of hydrogen-bond donors (Lipinski definition) is 1. The molecule has 2 aromatic carbocycles. The standard InChI is InChI=1S/C27H34N2O5S/c1-27(2,3)18-9-7-16(8-10-18)26-29(20(15-35-26)24(30)28-19-11-12-19)25(31)17-13-21(32-4)23(34-6)22(14-17)33-5/h7-10,13-14,19-20,26H,11-12,15H2,1-6H3,(H,28,30). The van der Waals surface area contributed by atoms with Crippen LogP contribution < -0.4 is 19.5 Å². The van der Waals surface area contributed by atoms with Gasteiger partial charge in [0.2, 0.25) is 11.7 Å². The first-order valence-corrected chi connectivity index (χ1v) is 12.9. The van der Waals surface area contributed by atoms with Crippen molar-refractivity contribution in [3.8, 4) is 17.2 Å². The molecule has 4 rings (SSSR count). The summed E-state index contributed by atoms with van der Waals surface area (Å²) < 4.78 is 16.3. The molecule has 2 unspecified atom stereocenters. The van der Waals surface area contributed by atoms with E-state index < -0.39 is 6.04 Å². The summed E-state index contributed by atoms with van der Waals surface area (Å²) in [7, 11) is 4.56. The van der Waals surface area contributed by atoms with Gasteiger partial charge >= 0.3 is 0 Å². The molecule has 1 saturated heterocycles. The van der Waals surface area contributed by atoms with Crippen molar-refractivity contribution in [3.05, 3.63) is 53.1 Å². The Bertz CT molecular complexity index is 1070. The molecule has 1 aliphatic heterocycles. The first-order chi connectivity index (χ1) is 16.7. The summed E-state index contributed by atoms with van der Waals surface area (Å²) in [6.07, 6.45) is 1.98. The number of carbonyl (C=O) groups is 2. The number of rotatable bonds is 7. The fourth-order valence-corrected chi connectivity index (χ4v) is 5.67. The average molecular weight is 499 g/mol. The van der Waals surface area contributed by atoms with Crippen LogP contribution in [0.4, 0.5) is 0 Å². The molecule has 8 heteroatoms. The Morgan fingerprint density at radius 3 is 2.06 bits per heavy atom. The van der Waals surface area contributed by atoms with E-state index in [1.807, 2.05) is 0 Å². The monoisotopic (exact) mass is 498 g/mol. The van der Waals surface area contributed by atoms with Gasteiger partial charge in [-0.1, -0.05) is 45.0 Å². The van der Waals surface area contributed by atoms with Gasteiger partial charge in [0.15, 0.2) is 11.5 Å². The van der Waals surface area contributed by atoms with Crippen molar-refractivity contribution in [1.82, 2.24) is 10.2 Å². The number of benzene rings is 2. The Labute approximate surface area is 211 Å². The zero-order chi connectivity index (χ0) is 25.3. The lowest BCUT2D eigenvalue weighted by molar-refractivity contribution is -0.125. The molecule has 1 saturated carbocycles. The molecule has 0 aromatic heterocycles. The average Bonchev–Trinajstić information content (AvgIpc) is 3.55. The van der Waals surface area contributed by atoms with Gasteiger partial charge in [0.25, 0.3) is 5.91 Å². The van der Waals surface area contributed by atoms with Crippen molar-refractivity contribution in [2.45, 2.75) is 56.5 Å². The van der Waals surface area contributed by atoms with E-state index in [1.54, 1.807) is 28.8 Å². The van der Waals surface area contributed by atoms with Crippen LogP contribution in [0.2, 0.25) is 0 Å². The van der Waals surface area contributed by atoms with Gasteiger partial charge in [-0.2, -0.15) is 0 Å². The molecule has 35 heavy (non-hydrogen) atoms. The summed E-state index contributed by atoms with van der Waals surface area (Å²) in [4.78, 5) is 28.9. The van der Waals surface area contributed by atoms with Crippen LogP contribution in [0.5, 0.6) is 17.2 Å². The van der Waals surface area contributed by atoms with Crippen LogP contribution in [-0.2, 0) is 10.2 Å². The predicted octanol–water partition coefficient (Wildman–Crippen LogP) is 4.54. The maximum Gasteiger partial charge on any atom is 0.256 e. The number of amides is 2. The molecule has 2 atom stereocenters. The Hall–Kier alpha value is -2.87. The number of methoxy groups -OCH3 is 3. The van der Waals surface area contributed by atoms with Gasteiger partial charge in [-0.25, -0.2) is 0 Å². The minimum absolute atomic E-state index is 0.0275. The van der Waals surface area contributed by atoms with Gasteiger partial charge < -0.3 is 24.4 Å². The van der Waals surface area contributed by atoms with E-state index >= 15 is 0 Å². The molecule has 188 valence electrons. The van der Waals surface area contributed by atoms with E-state index in [9.17, 15) is 9.59 Å². The van der Waals surface area contributed by atoms with Crippen molar-refractivity contribution < 1.29 is 23.8 Å². The third-order valence-electron chi connectivity index (χ3n) is 6.43. The lowest BCUT2D eigenvalue weighted by atomic mass is 9.86. The smallest absolute Gasteiger partial charge is 0.256 e. The normalized spacial score (nSPS) is 19.9. The van der Waals surface area contributed by atoms with Gasteiger partial charge in [0, 0.05) is 17.4 Å². The molecular weight excluding hydrogens is 464 g/mol. The molecule has 2 aliphatic rings. The number of hydrogen-bond acceptors (Lipinski definition) is 6. The van der Waals surface area contributed by atoms with Crippen molar-refractivity contribution in [3.63, 3.8) is 0 Å². The van der Waals surface area contributed by atoms with Gasteiger partial charge in [0.05, 0.1) is 21.3 Å². The molecule has 7 nitrogen and oxygen atoms in total. The second kappa shape index (κ2) is 10.0. The molecule has 2 fully saturated rings. The van der Waals surface area contributed by atoms with Gasteiger partial charge in [-0.15, -0.1) is 11.8 Å². The van der Waals surface area contributed by atoms with Crippen molar-refractivity contribution >= 4 is 23.6 Å². The third kappa shape index (κ3) is 5.22. The lowest BCUT2D eigenvalue weighted by Crippen LogP contribution is -2.48. The highest BCUT2D eigenvalue weighted by molar-refractivity contribution is 7.99. The quantitative estimate of drug-likeness (QED) is 0.604. The minimum atomic E-state index is -0.570.